The van der Waals surface area contributed by atoms with Gasteiger partial charge in [0.15, 0.2) is 0 Å². The van der Waals surface area contributed by atoms with E-state index in [1.165, 1.54) is 10.6 Å². The van der Waals surface area contributed by atoms with E-state index in [0.29, 0.717) is 6.54 Å². The van der Waals surface area contributed by atoms with Crippen LogP contribution in [0.4, 0.5) is 5.69 Å². The van der Waals surface area contributed by atoms with Gasteiger partial charge in [-0.2, -0.15) is 0 Å². The minimum atomic E-state index is 0.513. The Morgan fingerprint density at radius 1 is 1.35 bits per heavy atom. The number of benzene rings is 1. The summed E-state index contributed by atoms with van der Waals surface area (Å²) in [6, 6.07) is 8.40. The van der Waals surface area contributed by atoms with E-state index in [1.54, 1.807) is 11.3 Å². The summed E-state index contributed by atoms with van der Waals surface area (Å²) in [4.78, 5) is 7.89. The highest BCUT2D eigenvalue weighted by Crippen LogP contribution is 2.29. The number of nitrogens with zero attached hydrogens (tertiary/aromatic N) is 2. The summed E-state index contributed by atoms with van der Waals surface area (Å²) in [6.07, 6.45) is 0. The van der Waals surface area contributed by atoms with Crippen molar-refractivity contribution in [1.29, 1.82) is 0 Å². The molecule has 0 radical (unpaired) electrons. The van der Waals surface area contributed by atoms with Crippen molar-refractivity contribution in [3.63, 3.8) is 0 Å². The van der Waals surface area contributed by atoms with Gasteiger partial charge >= 0.3 is 0 Å². The second-order valence-electron chi connectivity index (χ2n) is 4.16. The highest BCUT2D eigenvalue weighted by atomic mass is 32.1. The van der Waals surface area contributed by atoms with Crippen LogP contribution in [0.1, 0.15) is 9.88 Å². The maximum Gasteiger partial charge on any atom is 0.107 e. The molecule has 2 N–H and O–H groups in total. The molecule has 0 atom stereocenters. The van der Waals surface area contributed by atoms with Gasteiger partial charge in [-0.05, 0) is 19.1 Å². The predicted molar refractivity (Wildman–Crippen MR) is 74.5 cm³/mol. The summed E-state index contributed by atoms with van der Waals surface area (Å²) >= 11 is 1.67. The first-order valence-electron chi connectivity index (χ1n) is 5.56. The Kier molecular flexibility index (Phi) is 3.45. The number of aromatic nitrogens is 1. The zero-order chi connectivity index (χ0) is 12.4. The summed E-state index contributed by atoms with van der Waals surface area (Å²) < 4.78 is 0. The number of hydrogen-bond acceptors (Lipinski definition) is 4. The molecule has 2 rings (SSSR count). The van der Waals surface area contributed by atoms with Crippen LogP contribution in [0.25, 0.3) is 11.3 Å². The van der Waals surface area contributed by atoms with E-state index in [4.69, 9.17) is 5.73 Å². The molecule has 0 aliphatic heterocycles. The zero-order valence-corrected chi connectivity index (χ0v) is 11.2. The van der Waals surface area contributed by atoms with Gasteiger partial charge in [0, 0.05) is 36.8 Å². The van der Waals surface area contributed by atoms with Gasteiger partial charge in [-0.25, -0.2) is 4.98 Å². The molecule has 2 aromatic rings. The first kappa shape index (κ1) is 12.1. The molecule has 17 heavy (non-hydrogen) atoms. The van der Waals surface area contributed by atoms with Gasteiger partial charge in [0.1, 0.15) is 5.01 Å². The summed E-state index contributed by atoms with van der Waals surface area (Å²) in [5.41, 5.74) is 9.02. The Morgan fingerprint density at radius 2 is 2.12 bits per heavy atom. The molecule has 0 amide bonds. The lowest BCUT2D eigenvalue weighted by molar-refractivity contribution is 1.04. The molecule has 0 unspecified atom stereocenters. The fourth-order valence-corrected chi connectivity index (χ4v) is 2.57. The highest BCUT2D eigenvalue weighted by Gasteiger charge is 2.09. The Bertz CT molecular complexity index is 517. The Hall–Kier alpha value is -1.39. The van der Waals surface area contributed by atoms with Crippen molar-refractivity contribution in [1.82, 2.24) is 4.98 Å². The molecule has 0 saturated heterocycles. The van der Waals surface area contributed by atoms with Crippen molar-refractivity contribution in [2.24, 2.45) is 5.73 Å². The lowest BCUT2D eigenvalue weighted by Gasteiger charge is -2.13. The van der Waals surface area contributed by atoms with Crippen LogP contribution in [0.2, 0.25) is 0 Å². The molecule has 0 spiro atoms. The van der Waals surface area contributed by atoms with Crippen molar-refractivity contribution in [2.75, 3.05) is 19.0 Å². The second-order valence-corrected chi connectivity index (χ2v) is 5.45. The van der Waals surface area contributed by atoms with Gasteiger partial charge in [0.2, 0.25) is 0 Å². The number of anilines is 1. The van der Waals surface area contributed by atoms with Crippen LogP contribution in [-0.4, -0.2) is 19.1 Å². The van der Waals surface area contributed by atoms with E-state index in [2.05, 4.69) is 41.1 Å². The average Bonchev–Trinajstić information content (AvgIpc) is 2.71. The number of rotatable bonds is 3. The fraction of sp³-hybridized carbons (Fsp3) is 0.308. The number of hydrogen-bond donors (Lipinski definition) is 1. The molecule has 0 saturated carbocycles. The highest BCUT2D eigenvalue weighted by molar-refractivity contribution is 7.12. The van der Waals surface area contributed by atoms with Gasteiger partial charge in [0.05, 0.1) is 5.69 Å². The normalized spacial score (nSPS) is 10.6. The van der Waals surface area contributed by atoms with Crippen LogP contribution in [0, 0.1) is 6.92 Å². The Balaban J connectivity index is 2.45. The van der Waals surface area contributed by atoms with Crippen molar-refractivity contribution in [2.45, 2.75) is 13.5 Å². The third kappa shape index (κ3) is 2.48. The molecule has 1 aromatic carbocycles. The number of aryl methyl sites for hydroxylation is 1. The van der Waals surface area contributed by atoms with Crippen molar-refractivity contribution >= 4 is 17.0 Å². The molecule has 0 aliphatic rings. The topological polar surface area (TPSA) is 42.1 Å². The Morgan fingerprint density at radius 3 is 2.71 bits per heavy atom. The van der Waals surface area contributed by atoms with Gasteiger partial charge < -0.3 is 10.6 Å². The molecule has 0 fully saturated rings. The van der Waals surface area contributed by atoms with Crippen LogP contribution in [-0.2, 0) is 6.54 Å². The molecule has 3 nitrogen and oxygen atoms in total. The van der Waals surface area contributed by atoms with Crippen molar-refractivity contribution in [3.8, 4) is 11.3 Å². The third-order valence-corrected chi connectivity index (χ3v) is 3.64. The molecular formula is C13H17N3S. The molecular weight excluding hydrogens is 230 g/mol. The van der Waals surface area contributed by atoms with Gasteiger partial charge in [0.25, 0.3) is 0 Å². The lowest BCUT2D eigenvalue weighted by Crippen LogP contribution is -2.08. The maximum atomic E-state index is 5.63. The lowest BCUT2D eigenvalue weighted by atomic mass is 10.1. The Labute approximate surface area is 106 Å². The van der Waals surface area contributed by atoms with Crippen molar-refractivity contribution < 1.29 is 0 Å². The van der Waals surface area contributed by atoms with E-state index < -0.39 is 0 Å². The van der Waals surface area contributed by atoms with E-state index in [-0.39, 0.29) is 0 Å². The minimum Gasteiger partial charge on any atom is -0.378 e. The predicted octanol–water partition coefficient (Wildman–Crippen LogP) is 2.64. The smallest absolute Gasteiger partial charge is 0.107 e. The van der Waals surface area contributed by atoms with Crippen molar-refractivity contribution in [3.05, 3.63) is 34.2 Å². The number of nitrogens with two attached hydrogens (primary N) is 1. The second kappa shape index (κ2) is 4.85. The van der Waals surface area contributed by atoms with Crippen LogP contribution >= 0.6 is 11.3 Å². The molecule has 0 aliphatic carbocycles. The monoisotopic (exact) mass is 247 g/mol. The maximum absolute atomic E-state index is 5.63. The van der Waals surface area contributed by atoms with E-state index >= 15 is 0 Å². The summed E-state index contributed by atoms with van der Waals surface area (Å²) in [5, 5.41) is 0.993. The summed E-state index contributed by atoms with van der Waals surface area (Å²) in [6.45, 7) is 2.60. The zero-order valence-electron chi connectivity index (χ0n) is 10.4. The van der Waals surface area contributed by atoms with Gasteiger partial charge in [-0.3, -0.25) is 0 Å². The molecule has 4 heteroatoms. The first-order chi connectivity index (χ1) is 8.11. The average molecular weight is 247 g/mol. The van der Waals surface area contributed by atoms with Gasteiger partial charge in [-0.1, -0.05) is 12.1 Å². The standard InChI is InChI=1S/C13H17N3S/c1-9-13(15-12(8-14)17-9)10-5-4-6-11(7-10)16(2)3/h4-7H,8,14H2,1-3H3. The number of thiazole rings is 1. The quantitative estimate of drug-likeness (QED) is 0.906. The van der Waals surface area contributed by atoms with Crippen LogP contribution < -0.4 is 10.6 Å². The van der Waals surface area contributed by atoms with Gasteiger partial charge in [-0.15, -0.1) is 11.3 Å². The first-order valence-corrected chi connectivity index (χ1v) is 6.37. The van der Waals surface area contributed by atoms with Crippen LogP contribution in [0.3, 0.4) is 0 Å². The molecule has 1 heterocycles. The SMILES string of the molecule is Cc1sc(CN)nc1-c1cccc(N(C)C)c1. The third-order valence-electron chi connectivity index (χ3n) is 2.65. The largest absolute Gasteiger partial charge is 0.378 e. The molecule has 1 aromatic heterocycles. The summed E-state index contributed by atoms with van der Waals surface area (Å²) in [7, 11) is 4.08. The fourth-order valence-electron chi connectivity index (χ4n) is 1.74. The minimum absolute atomic E-state index is 0.513. The van der Waals surface area contributed by atoms with E-state index in [1.807, 2.05) is 14.1 Å². The molecule has 90 valence electrons. The summed E-state index contributed by atoms with van der Waals surface area (Å²) in [5.74, 6) is 0. The van der Waals surface area contributed by atoms with Crippen LogP contribution in [0.5, 0.6) is 0 Å². The van der Waals surface area contributed by atoms with E-state index in [0.717, 1.165) is 16.3 Å². The van der Waals surface area contributed by atoms with Crippen LogP contribution in [0.15, 0.2) is 24.3 Å². The van der Waals surface area contributed by atoms with E-state index in [9.17, 15) is 0 Å². The molecule has 0 bridgehead atoms.